The van der Waals surface area contributed by atoms with E-state index >= 15 is 0 Å². The smallest absolute Gasteiger partial charge is 0.243 e. The molecule has 3 heterocycles. The molecule has 2 fully saturated rings. The monoisotopic (exact) mass is 263 g/mol. The number of nitrogens with zero attached hydrogens (tertiary/aromatic N) is 5. The van der Waals surface area contributed by atoms with Gasteiger partial charge in [-0.25, -0.2) is 5.84 Å². The van der Waals surface area contributed by atoms with Crippen LogP contribution in [0.2, 0.25) is 0 Å². The molecule has 3 N–H and O–H groups in total. The lowest BCUT2D eigenvalue weighted by Gasteiger charge is -2.20. The first kappa shape index (κ1) is 12.4. The average molecular weight is 263 g/mol. The Balaban J connectivity index is 1.88. The van der Waals surface area contributed by atoms with Crippen LogP contribution in [0.3, 0.4) is 0 Å². The van der Waals surface area contributed by atoms with Crippen molar-refractivity contribution in [2.75, 3.05) is 41.4 Å². The first-order chi connectivity index (χ1) is 9.26. The van der Waals surface area contributed by atoms with Crippen LogP contribution < -0.4 is 21.1 Å². The summed E-state index contributed by atoms with van der Waals surface area (Å²) in [6.45, 7) is 6.31. The second-order valence-corrected chi connectivity index (χ2v) is 5.44. The Bertz CT molecular complexity index is 444. The maximum atomic E-state index is 5.47. The number of hydrazine groups is 1. The van der Waals surface area contributed by atoms with Crippen LogP contribution in [-0.4, -0.2) is 41.1 Å². The third-order valence-electron chi connectivity index (χ3n) is 3.84. The topological polar surface area (TPSA) is 83.2 Å². The number of nitrogens with one attached hydrogen (secondary N) is 1. The zero-order valence-corrected chi connectivity index (χ0v) is 11.3. The number of nitrogens with two attached hydrogens (primary N) is 1. The van der Waals surface area contributed by atoms with Crippen molar-refractivity contribution in [3.63, 3.8) is 0 Å². The van der Waals surface area contributed by atoms with E-state index in [4.69, 9.17) is 5.84 Å². The fourth-order valence-corrected chi connectivity index (χ4v) is 2.74. The molecule has 1 aromatic heterocycles. The van der Waals surface area contributed by atoms with E-state index in [2.05, 4.69) is 37.1 Å². The van der Waals surface area contributed by atoms with Crippen LogP contribution in [-0.2, 0) is 0 Å². The highest BCUT2D eigenvalue weighted by molar-refractivity contribution is 5.45. The molecule has 7 nitrogen and oxygen atoms in total. The molecule has 1 aromatic rings. The van der Waals surface area contributed by atoms with Crippen LogP contribution in [0.4, 0.5) is 17.8 Å². The van der Waals surface area contributed by atoms with E-state index < -0.39 is 0 Å². The van der Waals surface area contributed by atoms with Crippen molar-refractivity contribution in [3.8, 4) is 0 Å². The summed E-state index contributed by atoms with van der Waals surface area (Å²) >= 11 is 0. The van der Waals surface area contributed by atoms with Crippen LogP contribution in [0, 0.1) is 5.92 Å². The van der Waals surface area contributed by atoms with Gasteiger partial charge in [-0.1, -0.05) is 6.92 Å². The van der Waals surface area contributed by atoms with E-state index in [1.165, 1.54) is 19.3 Å². The van der Waals surface area contributed by atoms with Crippen LogP contribution in [0.5, 0.6) is 0 Å². The van der Waals surface area contributed by atoms with Crippen LogP contribution in [0.25, 0.3) is 0 Å². The van der Waals surface area contributed by atoms with E-state index in [0.29, 0.717) is 11.9 Å². The summed E-state index contributed by atoms with van der Waals surface area (Å²) in [5.41, 5.74) is 2.55. The molecule has 2 saturated heterocycles. The number of hydrogen-bond acceptors (Lipinski definition) is 7. The van der Waals surface area contributed by atoms with E-state index in [1.54, 1.807) is 0 Å². The second-order valence-electron chi connectivity index (χ2n) is 5.44. The van der Waals surface area contributed by atoms with Crippen molar-refractivity contribution in [3.05, 3.63) is 0 Å². The van der Waals surface area contributed by atoms with Crippen molar-refractivity contribution >= 4 is 17.8 Å². The third kappa shape index (κ3) is 2.56. The minimum absolute atomic E-state index is 0.450. The molecule has 0 saturated carbocycles. The van der Waals surface area contributed by atoms with E-state index in [1.807, 2.05) is 0 Å². The minimum atomic E-state index is 0.450. The number of rotatable bonds is 3. The Morgan fingerprint density at radius 3 is 2.32 bits per heavy atom. The van der Waals surface area contributed by atoms with Gasteiger partial charge in [-0.2, -0.15) is 15.0 Å². The summed E-state index contributed by atoms with van der Waals surface area (Å²) in [7, 11) is 0. The maximum absolute atomic E-state index is 5.47. The van der Waals surface area contributed by atoms with Crippen LogP contribution >= 0.6 is 0 Å². The van der Waals surface area contributed by atoms with E-state index in [-0.39, 0.29) is 0 Å². The van der Waals surface area contributed by atoms with Crippen molar-refractivity contribution in [1.29, 1.82) is 0 Å². The molecule has 0 aromatic carbocycles. The van der Waals surface area contributed by atoms with Crippen molar-refractivity contribution < 1.29 is 0 Å². The number of aromatic nitrogens is 3. The zero-order valence-electron chi connectivity index (χ0n) is 11.3. The van der Waals surface area contributed by atoms with Gasteiger partial charge >= 0.3 is 0 Å². The Kier molecular flexibility index (Phi) is 3.37. The normalized spacial score (nSPS) is 23.2. The standard InChI is InChI=1S/C12H21N7/c1-9-4-7-19(8-9)12-15-10(17-13)14-11(16-12)18-5-2-3-6-18/h9H,2-8,13H2,1H3,(H,14,15,16,17). The third-order valence-corrected chi connectivity index (χ3v) is 3.84. The van der Waals surface area contributed by atoms with E-state index in [0.717, 1.165) is 38.1 Å². The lowest BCUT2D eigenvalue weighted by molar-refractivity contribution is 0.658. The lowest BCUT2D eigenvalue weighted by Crippen LogP contribution is -2.27. The molecule has 0 aliphatic carbocycles. The fourth-order valence-electron chi connectivity index (χ4n) is 2.74. The molecule has 3 rings (SSSR count). The van der Waals surface area contributed by atoms with Crippen molar-refractivity contribution in [1.82, 2.24) is 15.0 Å². The summed E-state index contributed by atoms with van der Waals surface area (Å²) in [6.07, 6.45) is 3.59. The van der Waals surface area contributed by atoms with Gasteiger partial charge in [0.05, 0.1) is 0 Å². The molecule has 7 heteroatoms. The van der Waals surface area contributed by atoms with Gasteiger partial charge in [0.25, 0.3) is 0 Å². The Hall–Kier alpha value is -1.63. The number of nitrogen functional groups attached to an aromatic ring is 1. The minimum Gasteiger partial charge on any atom is -0.341 e. The quantitative estimate of drug-likeness (QED) is 0.610. The van der Waals surface area contributed by atoms with Crippen LogP contribution in [0.15, 0.2) is 0 Å². The highest BCUT2D eigenvalue weighted by Gasteiger charge is 2.24. The Labute approximate surface area is 113 Å². The van der Waals surface area contributed by atoms with Gasteiger partial charge in [-0.05, 0) is 25.2 Å². The predicted molar refractivity (Wildman–Crippen MR) is 75.1 cm³/mol. The molecular formula is C12H21N7. The summed E-state index contributed by atoms with van der Waals surface area (Å²) in [5.74, 6) is 8.11. The molecule has 1 unspecified atom stereocenters. The molecule has 0 spiro atoms. The van der Waals surface area contributed by atoms with Crippen LogP contribution in [0.1, 0.15) is 26.2 Å². The summed E-state index contributed by atoms with van der Waals surface area (Å²) in [6, 6.07) is 0. The van der Waals surface area contributed by atoms with Gasteiger partial charge in [-0.3, -0.25) is 5.43 Å². The largest absolute Gasteiger partial charge is 0.341 e. The molecule has 2 aliphatic heterocycles. The maximum Gasteiger partial charge on any atom is 0.243 e. The van der Waals surface area contributed by atoms with Crippen molar-refractivity contribution in [2.45, 2.75) is 26.2 Å². The van der Waals surface area contributed by atoms with Gasteiger partial charge in [0, 0.05) is 26.2 Å². The molecule has 2 aliphatic rings. The Morgan fingerprint density at radius 1 is 1.05 bits per heavy atom. The molecule has 1 atom stereocenters. The molecule has 19 heavy (non-hydrogen) atoms. The highest BCUT2D eigenvalue weighted by atomic mass is 15.4. The summed E-state index contributed by atoms with van der Waals surface area (Å²) < 4.78 is 0. The first-order valence-corrected chi connectivity index (χ1v) is 6.99. The molecule has 0 radical (unpaired) electrons. The number of hydrogen-bond donors (Lipinski definition) is 2. The van der Waals surface area contributed by atoms with Gasteiger partial charge in [-0.15, -0.1) is 0 Å². The SMILES string of the molecule is CC1CCN(c2nc(NN)nc(N3CCCC3)n2)C1. The fraction of sp³-hybridized carbons (Fsp3) is 0.750. The lowest BCUT2D eigenvalue weighted by atomic mass is 10.2. The highest BCUT2D eigenvalue weighted by Crippen LogP contribution is 2.24. The van der Waals surface area contributed by atoms with Gasteiger partial charge in [0.2, 0.25) is 17.8 Å². The average Bonchev–Trinajstić information content (AvgIpc) is 3.09. The second kappa shape index (κ2) is 5.16. The summed E-state index contributed by atoms with van der Waals surface area (Å²) in [4.78, 5) is 17.8. The van der Waals surface area contributed by atoms with Gasteiger partial charge < -0.3 is 9.80 Å². The van der Waals surface area contributed by atoms with Gasteiger partial charge in [0.1, 0.15) is 0 Å². The predicted octanol–water partition coefficient (Wildman–Crippen LogP) is 0.604. The number of anilines is 3. The zero-order chi connectivity index (χ0) is 13.2. The molecule has 104 valence electrons. The molecule has 0 amide bonds. The first-order valence-electron chi connectivity index (χ1n) is 6.99. The molecule has 0 bridgehead atoms. The summed E-state index contributed by atoms with van der Waals surface area (Å²) in [5, 5.41) is 0. The van der Waals surface area contributed by atoms with Gasteiger partial charge in [0.15, 0.2) is 0 Å². The van der Waals surface area contributed by atoms with E-state index in [9.17, 15) is 0 Å². The Morgan fingerprint density at radius 2 is 1.74 bits per heavy atom. The molecular weight excluding hydrogens is 242 g/mol. The van der Waals surface area contributed by atoms with Crippen molar-refractivity contribution in [2.24, 2.45) is 11.8 Å².